The molecule has 0 saturated carbocycles. The van der Waals surface area contributed by atoms with E-state index < -0.39 is 0 Å². The Morgan fingerprint density at radius 1 is 1.50 bits per heavy atom. The molecule has 3 N–H and O–H groups in total. The highest BCUT2D eigenvalue weighted by Gasteiger charge is 2.05. The maximum Gasteiger partial charge on any atom is 0.184 e. The number of anilines is 1. The van der Waals surface area contributed by atoms with Crippen LogP contribution in [0, 0.1) is 18.4 Å². The molecule has 0 radical (unpaired) electrons. The first-order valence-corrected chi connectivity index (χ1v) is 5.16. The quantitative estimate of drug-likeness (QED) is 0.399. The van der Waals surface area contributed by atoms with Crippen molar-refractivity contribution in [2.75, 3.05) is 5.32 Å². The van der Waals surface area contributed by atoms with Crippen LogP contribution in [0.15, 0.2) is 24.4 Å². The summed E-state index contributed by atoms with van der Waals surface area (Å²) >= 11 is 4.95. The number of nitriles is 1. The van der Waals surface area contributed by atoms with Gasteiger partial charge in [0.1, 0.15) is 0 Å². The molecule has 2 aromatic rings. The molecule has 0 aliphatic carbocycles. The molecule has 0 amide bonds. The summed E-state index contributed by atoms with van der Waals surface area (Å²) < 4.78 is 0. The second-order valence-electron chi connectivity index (χ2n) is 3.39. The number of aryl methyl sites for hydroxylation is 1. The number of benzene rings is 1. The molecule has 2 rings (SSSR count). The van der Waals surface area contributed by atoms with E-state index in [0.29, 0.717) is 5.11 Å². The van der Waals surface area contributed by atoms with Gasteiger partial charge in [-0.05, 0) is 30.8 Å². The second kappa shape index (κ2) is 4.21. The molecular weight excluding hydrogens is 220 g/mol. The van der Waals surface area contributed by atoms with Gasteiger partial charge in [-0.15, -0.1) is 0 Å². The monoisotopic (exact) mass is 230 g/mol. The predicted molar refractivity (Wildman–Crippen MR) is 68.0 cm³/mol. The van der Waals surface area contributed by atoms with Gasteiger partial charge in [-0.3, -0.25) is 5.32 Å². The van der Waals surface area contributed by atoms with Gasteiger partial charge in [-0.2, -0.15) is 5.26 Å². The number of hydrogen-bond donors (Lipinski definition) is 3. The van der Waals surface area contributed by atoms with E-state index in [-0.39, 0.29) is 0 Å². The van der Waals surface area contributed by atoms with Gasteiger partial charge in [0.25, 0.3) is 0 Å². The van der Waals surface area contributed by atoms with Crippen LogP contribution in [0.2, 0.25) is 0 Å². The average Bonchev–Trinajstić information content (AvgIpc) is 2.62. The number of rotatable bonds is 1. The highest BCUT2D eigenvalue weighted by Crippen LogP contribution is 2.24. The normalized spacial score (nSPS) is 9.75. The van der Waals surface area contributed by atoms with Gasteiger partial charge in [0.15, 0.2) is 11.3 Å². The lowest BCUT2D eigenvalue weighted by molar-refractivity contribution is 1.28. The molecular formula is C11H10N4S. The van der Waals surface area contributed by atoms with Crippen LogP contribution in [0.4, 0.5) is 5.69 Å². The summed E-state index contributed by atoms with van der Waals surface area (Å²) in [6.45, 7) is 2.04. The van der Waals surface area contributed by atoms with Crippen LogP contribution < -0.4 is 10.6 Å². The molecule has 0 saturated heterocycles. The van der Waals surface area contributed by atoms with Gasteiger partial charge < -0.3 is 10.3 Å². The zero-order chi connectivity index (χ0) is 11.5. The minimum absolute atomic E-state index is 0.294. The zero-order valence-corrected chi connectivity index (χ0v) is 9.48. The van der Waals surface area contributed by atoms with Crippen molar-refractivity contribution in [2.45, 2.75) is 6.92 Å². The largest absolute Gasteiger partial charge is 0.359 e. The molecule has 0 unspecified atom stereocenters. The predicted octanol–water partition coefficient (Wildman–Crippen LogP) is 2.24. The third kappa shape index (κ3) is 1.83. The Hall–Kier alpha value is -2.06. The Morgan fingerprint density at radius 2 is 2.31 bits per heavy atom. The number of fused-ring (bicyclic) bond motifs is 1. The Kier molecular flexibility index (Phi) is 2.75. The molecule has 80 valence electrons. The molecule has 0 bridgehead atoms. The van der Waals surface area contributed by atoms with Gasteiger partial charge in [-0.25, -0.2) is 0 Å². The van der Waals surface area contributed by atoms with E-state index in [4.69, 9.17) is 17.5 Å². The van der Waals surface area contributed by atoms with Crippen molar-refractivity contribution >= 4 is 33.9 Å². The molecule has 16 heavy (non-hydrogen) atoms. The number of H-pyrrole nitrogens is 1. The molecule has 1 aromatic carbocycles. The van der Waals surface area contributed by atoms with E-state index in [1.165, 1.54) is 5.56 Å². The van der Waals surface area contributed by atoms with Crippen molar-refractivity contribution in [1.82, 2.24) is 10.3 Å². The molecule has 0 aliphatic rings. The summed E-state index contributed by atoms with van der Waals surface area (Å²) in [5.41, 5.74) is 3.03. The number of aromatic nitrogens is 1. The lowest BCUT2D eigenvalue weighted by atomic mass is 10.2. The van der Waals surface area contributed by atoms with E-state index in [0.717, 1.165) is 16.6 Å². The molecule has 1 aromatic heterocycles. The summed E-state index contributed by atoms with van der Waals surface area (Å²) in [6, 6.07) is 5.89. The number of nitrogens with one attached hydrogen (secondary N) is 3. The molecule has 4 nitrogen and oxygen atoms in total. The van der Waals surface area contributed by atoms with Crippen LogP contribution in [-0.4, -0.2) is 10.1 Å². The van der Waals surface area contributed by atoms with Crippen LogP contribution in [0.5, 0.6) is 0 Å². The fraction of sp³-hybridized carbons (Fsp3) is 0.0909. The second-order valence-corrected chi connectivity index (χ2v) is 3.80. The van der Waals surface area contributed by atoms with Gasteiger partial charge >= 0.3 is 0 Å². The summed E-state index contributed by atoms with van der Waals surface area (Å²) in [7, 11) is 0. The first kappa shape index (κ1) is 10.5. The van der Waals surface area contributed by atoms with Crippen molar-refractivity contribution in [3.05, 3.63) is 30.0 Å². The third-order valence-electron chi connectivity index (χ3n) is 2.34. The number of para-hydroxylation sites is 1. The topological polar surface area (TPSA) is 63.6 Å². The SMILES string of the molecule is Cc1c[nH]c2c(NC(=S)NC#N)cccc12. The van der Waals surface area contributed by atoms with Crippen LogP contribution in [0.1, 0.15) is 5.56 Å². The Balaban J connectivity index is 2.38. The fourth-order valence-corrected chi connectivity index (χ4v) is 1.76. The molecule has 0 aliphatic heterocycles. The Bertz CT molecular complexity index is 579. The van der Waals surface area contributed by atoms with Crippen molar-refractivity contribution < 1.29 is 0 Å². The Morgan fingerprint density at radius 3 is 3.06 bits per heavy atom. The standard InChI is InChI=1S/C11H10N4S/c1-7-5-13-10-8(7)3-2-4-9(10)15-11(16)14-6-12/h2-5,13H,1H3,(H2,14,15,16). The maximum absolute atomic E-state index is 8.44. The lowest BCUT2D eigenvalue weighted by Crippen LogP contribution is -2.23. The Labute approximate surface area is 98.3 Å². The first-order chi connectivity index (χ1) is 7.72. The van der Waals surface area contributed by atoms with Gasteiger partial charge in [0.05, 0.1) is 11.2 Å². The van der Waals surface area contributed by atoms with E-state index in [1.54, 1.807) is 6.19 Å². The summed E-state index contributed by atoms with van der Waals surface area (Å²) in [5.74, 6) is 0. The maximum atomic E-state index is 8.44. The summed E-state index contributed by atoms with van der Waals surface area (Å²) in [6.07, 6.45) is 3.72. The van der Waals surface area contributed by atoms with Crippen LogP contribution >= 0.6 is 12.2 Å². The zero-order valence-electron chi connectivity index (χ0n) is 8.66. The van der Waals surface area contributed by atoms with Crippen LogP contribution in [0.25, 0.3) is 10.9 Å². The average molecular weight is 230 g/mol. The van der Waals surface area contributed by atoms with Crippen molar-refractivity contribution in [1.29, 1.82) is 5.26 Å². The summed E-state index contributed by atoms with van der Waals surface area (Å²) in [5, 5.41) is 15.2. The smallest absolute Gasteiger partial charge is 0.184 e. The fourth-order valence-electron chi connectivity index (χ4n) is 1.60. The molecule has 1 heterocycles. The van der Waals surface area contributed by atoms with Gasteiger partial charge in [0, 0.05) is 11.6 Å². The summed E-state index contributed by atoms with van der Waals surface area (Å²) in [4.78, 5) is 3.17. The van der Waals surface area contributed by atoms with Gasteiger partial charge in [-0.1, -0.05) is 12.1 Å². The number of thiocarbonyl (C=S) groups is 1. The van der Waals surface area contributed by atoms with E-state index in [2.05, 4.69) is 15.6 Å². The van der Waals surface area contributed by atoms with Crippen LogP contribution in [-0.2, 0) is 0 Å². The van der Waals surface area contributed by atoms with Gasteiger partial charge in [0.2, 0.25) is 0 Å². The van der Waals surface area contributed by atoms with E-state index in [9.17, 15) is 0 Å². The molecule has 0 spiro atoms. The van der Waals surface area contributed by atoms with Crippen LogP contribution in [0.3, 0.4) is 0 Å². The molecule has 5 heteroatoms. The number of hydrogen-bond acceptors (Lipinski definition) is 2. The van der Waals surface area contributed by atoms with E-state index in [1.807, 2.05) is 31.3 Å². The van der Waals surface area contributed by atoms with Crippen molar-refractivity contribution in [2.24, 2.45) is 0 Å². The van der Waals surface area contributed by atoms with Crippen molar-refractivity contribution in [3.8, 4) is 6.19 Å². The lowest BCUT2D eigenvalue weighted by Gasteiger charge is -2.06. The minimum Gasteiger partial charge on any atom is -0.359 e. The molecule has 0 fully saturated rings. The van der Waals surface area contributed by atoms with E-state index >= 15 is 0 Å². The minimum atomic E-state index is 0.294. The molecule has 0 atom stereocenters. The number of nitrogens with zero attached hydrogens (tertiary/aromatic N) is 1. The highest BCUT2D eigenvalue weighted by atomic mass is 32.1. The third-order valence-corrected chi connectivity index (χ3v) is 2.54. The highest BCUT2D eigenvalue weighted by molar-refractivity contribution is 7.80. The van der Waals surface area contributed by atoms with Crippen molar-refractivity contribution in [3.63, 3.8) is 0 Å². The first-order valence-electron chi connectivity index (χ1n) is 4.75. The number of aromatic amines is 1.